The molecule has 0 unspecified atom stereocenters. The van der Waals surface area contributed by atoms with E-state index in [0.717, 1.165) is 11.8 Å². The van der Waals surface area contributed by atoms with Gasteiger partial charge in [0.15, 0.2) is 0 Å². The molecule has 0 radical (unpaired) electrons. The molecule has 6 nitrogen and oxygen atoms in total. The van der Waals surface area contributed by atoms with Gasteiger partial charge in [0.25, 0.3) is 0 Å². The summed E-state index contributed by atoms with van der Waals surface area (Å²) in [4.78, 5) is 0. The van der Waals surface area contributed by atoms with Gasteiger partial charge in [0.05, 0.1) is 0 Å². The topological polar surface area (TPSA) is 99.1 Å². The van der Waals surface area contributed by atoms with Crippen molar-refractivity contribution in [3.8, 4) is 11.5 Å². The van der Waals surface area contributed by atoms with Crippen molar-refractivity contribution >= 4 is 9.84 Å². The molecule has 2 aromatic rings. The first kappa shape index (κ1) is 11.7. The quantitative estimate of drug-likeness (QED) is 0.859. The molecule has 0 aliphatic heterocycles. The molecule has 90 valence electrons. The Morgan fingerprint density at radius 2 is 1.88 bits per heavy atom. The third-order valence-electron chi connectivity index (χ3n) is 2.16. The fourth-order valence-corrected chi connectivity index (χ4v) is 1.68. The molecule has 0 aliphatic carbocycles. The van der Waals surface area contributed by atoms with Crippen LogP contribution in [0.25, 0.3) is 11.5 Å². The van der Waals surface area contributed by atoms with Gasteiger partial charge in [0.2, 0.25) is 15.7 Å². The first-order valence-corrected chi connectivity index (χ1v) is 6.73. The monoisotopic (exact) mass is 253 g/mol. The lowest BCUT2D eigenvalue weighted by Gasteiger charge is -1.97. The lowest BCUT2D eigenvalue weighted by Crippen LogP contribution is -1.96. The van der Waals surface area contributed by atoms with Crippen molar-refractivity contribution in [1.82, 2.24) is 10.2 Å². The minimum Gasteiger partial charge on any atom is -0.408 e. The lowest BCUT2D eigenvalue weighted by atomic mass is 10.1. The van der Waals surface area contributed by atoms with Crippen molar-refractivity contribution in [3.63, 3.8) is 0 Å². The Hall–Kier alpha value is -1.73. The van der Waals surface area contributed by atoms with E-state index in [0.29, 0.717) is 12.1 Å². The third-order valence-corrected chi connectivity index (χ3v) is 2.96. The van der Waals surface area contributed by atoms with Crippen LogP contribution in [0.1, 0.15) is 5.56 Å². The molecule has 0 atom stereocenters. The van der Waals surface area contributed by atoms with Crippen LogP contribution in [0.15, 0.2) is 33.9 Å². The number of nitrogens with two attached hydrogens (primary N) is 1. The van der Waals surface area contributed by atoms with E-state index in [-0.39, 0.29) is 11.1 Å². The molecule has 17 heavy (non-hydrogen) atoms. The average molecular weight is 253 g/mol. The van der Waals surface area contributed by atoms with Gasteiger partial charge in [-0.1, -0.05) is 17.2 Å². The zero-order valence-electron chi connectivity index (χ0n) is 9.12. The highest BCUT2D eigenvalue weighted by Crippen LogP contribution is 2.19. The van der Waals surface area contributed by atoms with Crippen molar-refractivity contribution in [3.05, 3.63) is 29.8 Å². The van der Waals surface area contributed by atoms with E-state index in [1.807, 2.05) is 12.1 Å². The van der Waals surface area contributed by atoms with Gasteiger partial charge in [-0.05, 0) is 17.7 Å². The van der Waals surface area contributed by atoms with Gasteiger partial charge in [0, 0.05) is 18.4 Å². The molecule has 2 rings (SSSR count). The molecule has 0 spiro atoms. The molecule has 1 aromatic heterocycles. The van der Waals surface area contributed by atoms with Crippen molar-refractivity contribution in [1.29, 1.82) is 0 Å². The van der Waals surface area contributed by atoms with Crippen LogP contribution in [0.5, 0.6) is 0 Å². The van der Waals surface area contributed by atoms with Gasteiger partial charge in [-0.15, -0.1) is 5.10 Å². The normalized spacial score (nSPS) is 11.6. The molecule has 0 aliphatic rings. The highest BCUT2D eigenvalue weighted by Gasteiger charge is 2.17. The predicted octanol–water partition coefficient (Wildman–Crippen LogP) is 0.599. The fraction of sp³-hybridized carbons (Fsp3) is 0.200. The average Bonchev–Trinajstić information content (AvgIpc) is 2.78. The third kappa shape index (κ3) is 2.51. The van der Waals surface area contributed by atoms with Crippen LogP contribution in [-0.4, -0.2) is 24.9 Å². The summed E-state index contributed by atoms with van der Waals surface area (Å²) in [6, 6.07) is 7.14. The van der Waals surface area contributed by atoms with Crippen LogP contribution in [0, 0.1) is 0 Å². The smallest absolute Gasteiger partial charge is 0.335 e. The maximum Gasteiger partial charge on any atom is 0.335 e. The second-order valence-corrected chi connectivity index (χ2v) is 5.44. The second-order valence-electron chi connectivity index (χ2n) is 3.55. The van der Waals surface area contributed by atoms with Gasteiger partial charge in [-0.2, -0.15) is 0 Å². The highest BCUT2D eigenvalue weighted by molar-refractivity contribution is 7.90. The Kier molecular flexibility index (Phi) is 2.95. The maximum absolute atomic E-state index is 11.2. The zero-order valence-corrected chi connectivity index (χ0v) is 9.94. The number of aromatic nitrogens is 2. The molecule has 0 bridgehead atoms. The Morgan fingerprint density at radius 1 is 1.24 bits per heavy atom. The summed E-state index contributed by atoms with van der Waals surface area (Å²) in [5.74, 6) is 0.175. The Morgan fingerprint density at radius 3 is 2.35 bits per heavy atom. The van der Waals surface area contributed by atoms with E-state index in [2.05, 4.69) is 10.2 Å². The standard InChI is InChI=1S/C10H11N3O3S/c1-17(14,15)10-13-12-9(16-10)8-4-2-7(6-11)3-5-8/h2-5H,6,11H2,1H3. The minimum absolute atomic E-state index is 0.175. The molecule has 0 fully saturated rings. The number of hydrogen-bond acceptors (Lipinski definition) is 6. The maximum atomic E-state index is 11.2. The molecule has 0 saturated carbocycles. The predicted molar refractivity (Wildman–Crippen MR) is 60.7 cm³/mol. The molecular formula is C10H11N3O3S. The van der Waals surface area contributed by atoms with E-state index >= 15 is 0 Å². The summed E-state index contributed by atoms with van der Waals surface area (Å²) in [6.07, 6.45) is 1.02. The van der Waals surface area contributed by atoms with Crippen LogP contribution in [0.4, 0.5) is 0 Å². The van der Waals surface area contributed by atoms with Crippen molar-refractivity contribution in [2.75, 3.05) is 6.26 Å². The first-order chi connectivity index (χ1) is 8.00. The molecular weight excluding hydrogens is 242 g/mol. The largest absolute Gasteiger partial charge is 0.408 e. The molecule has 2 N–H and O–H groups in total. The number of benzene rings is 1. The number of rotatable bonds is 3. The van der Waals surface area contributed by atoms with Crippen LogP contribution in [0.2, 0.25) is 0 Å². The van der Waals surface area contributed by atoms with Crippen molar-refractivity contribution in [2.24, 2.45) is 5.73 Å². The number of hydrogen-bond donors (Lipinski definition) is 1. The van der Waals surface area contributed by atoms with Gasteiger partial charge >= 0.3 is 5.22 Å². The highest BCUT2D eigenvalue weighted by atomic mass is 32.2. The number of nitrogens with zero attached hydrogens (tertiary/aromatic N) is 2. The molecule has 0 amide bonds. The van der Waals surface area contributed by atoms with Gasteiger partial charge in [-0.3, -0.25) is 0 Å². The lowest BCUT2D eigenvalue weighted by molar-refractivity contribution is 0.442. The summed E-state index contributed by atoms with van der Waals surface area (Å²) >= 11 is 0. The van der Waals surface area contributed by atoms with Gasteiger partial charge < -0.3 is 10.2 Å². The Labute approximate surface area is 98.4 Å². The van der Waals surface area contributed by atoms with Crippen LogP contribution >= 0.6 is 0 Å². The van der Waals surface area contributed by atoms with Gasteiger partial charge in [0.1, 0.15) is 0 Å². The molecule has 7 heteroatoms. The SMILES string of the molecule is CS(=O)(=O)c1nnc(-c2ccc(CN)cc2)o1. The van der Waals surface area contributed by atoms with Crippen LogP contribution in [-0.2, 0) is 16.4 Å². The Bertz CT molecular complexity index is 617. The van der Waals surface area contributed by atoms with E-state index in [4.69, 9.17) is 10.2 Å². The number of sulfone groups is 1. The molecule has 1 aromatic carbocycles. The summed E-state index contributed by atoms with van der Waals surface area (Å²) in [5.41, 5.74) is 7.10. The second kappa shape index (κ2) is 4.27. The van der Waals surface area contributed by atoms with E-state index in [1.54, 1.807) is 12.1 Å². The molecule has 0 saturated heterocycles. The van der Waals surface area contributed by atoms with Crippen molar-refractivity contribution < 1.29 is 12.8 Å². The zero-order chi connectivity index (χ0) is 12.5. The first-order valence-electron chi connectivity index (χ1n) is 4.83. The summed E-state index contributed by atoms with van der Waals surface area (Å²) in [6.45, 7) is 0.443. The summed E-state index contributed by atoms with van der Waals surface area (Å²) in [5, 5.41) is 6.78. The van der Waals surface area contributed by atoms with Gasteiger partial charge in [-0.25, -0.2) is 8.42 Å². The van der Waals surface area contributed by atoms with E-state index in [9.17, 15) is 8.42 Å². The molecule has 1 heterocycles. The summed E-state index contributed by atoms with van der Waals surface area (Å²) in [7, 11) is -3.46. The van der Waals surface area contributed by atoms with E-state index < -0.39 is 9.84 Å². The van der Waals surface area contributed by atoms with Crippen LogP contribution < -0.4 is 5.73 Å². The van der Waals surface area contributed by atoms with E-state index in [1.165, 1.54) is 0 Å². The fourth-order valence-electron chi connectivity index (χ4n) is 1.26. The van der Waals surface area contributed by atoms with Crippen molar-refractivity contribution in [2.45, 2.75) is 11.8 Å². The Balaban J connectivity index is 2.37. The van der Waals surface area contributed by atoms with Crippen LogP contribution in [0.3, 0.4) is 0 Å². The minimum atomic E-state index is -3.46. The summed E-state index contributed by atoms with van der Waals surface area (Å²) < 4.78 is 27.4.